The molecule has 0 unspecified atom stereocenters. The summed E-state index contributed by atoms with van der Waals surface area (Å²) >= 11 is 0. The predicted molar refractivity (Wildman–Crippen MR) is 58.9 cm³/mol. The number of esters is 1. The Morgan fingerprint density at radius 2 is 2.07 bits per heavy atom. The van der Waals surface area contributed by atoms with Crippen LogP contribution in [-0.4, -0.2) is 20.2 Å². The minimum atomic E-state index is -0.157. The fourth-order valence-electron chi connectivity index (χ4n) is 0.949. The van der Waals surface area contributed by atoms with Gasteiger partial charge in [0.05, 0.1) is 20.0 Å². The maximum Gasteiger partial charge on any atom is 0.305 e. The van der Waals surface area contributed by atoms with Crippen LogP contribution in [0, 0.1) is 0 Å². The fraction of sp³-hybridized carbons (Fsp3) is 0.545. The van der Waals surface area contributed by atoms with Crippen molar-refractivity contribution in [3.63, 3.8) is 0 Å². The van der Waals surface area contributed by atoms with Gasteiger partial charge in [0.15, 0.2) is 0 Å². The van der Waals surface area contributed by atoms with Gasteiger partial charge in [-0.05, 0) is 18.6 Å². The number of rotatable bonds is 2. The first-order chi connectivity index (χ1) is 7.13. The van der Waals surface area contributed by atoms with E-state index in [-0.39, 0.29) is 5.97 Å². The summed E-state index contributed by atoms with van der Waals surface area (Å²) in [7, 11) is 3.06. The van der Waals surface area contributed by atoms with Gasteiger partial charge in [-0.15, -0.1) is 0 Å². The zero-order valence-electron chi connectivity index (χ0n) is 9.58. The van der Waals surface area contributed by atoms with Gasteiger partial charge in [-0.25, -0.2) is 0 Å². The van der Waals surface area contributed by atoms with E-state index in [9.17, 15) is 4.79 Å². The molecule has 0 saturated carbocycles. The average Bonchev–Trinajstić information content (AvgIpc) is 2.30. The molecule has 0 aromatic carbocycles. The lowest BCUT2D eigenvalue weighted by Crippen LogP contribution is -2.02. The van der Waals surface area contributed by atoms with Crippen molar-refractivity contribution in [2.24, 2.45) is 5.73 Å². The topological polar surface area (TPSA) is 61.5 Å². The molecule has 0 radical (unpaired) electrons. The third kappa shape index (κ3) is 6.60. The second-order valence-electron chi connectivity index (χ2n) is 3.01. The Bertz CT molecular complexity index is 251. The van der Waals surface area contributed by atoms with Crippen LogP contribution in [0.4, 0.5) is 0 Å². The zero-order chi connectivity index (χ0) is 11.7. The van der Waals surface area contributed by atoms with Crippen LogP contribution >= 0.6 is 0 Å². The molecule has 0 fully saturated rings. The molecule has 86 valence electrons. The summed E-state index contributed by atoms with van der Waals surface area (Å²) in [5, 5.41) is 0. The molecule has 0 amide bonds. The van der Waals surface area contributed by atoms with Crippen molar-refractivity contribution in [1.29, 1.82) is 0 Å². The molecule has 1 rings (SSSR count). The Morgan fingerprint density at radius 1 is 1.40 bits per heavy atom. The Hall–Kier alpha value is -1.45. The van der Waals surface area contributed by atoms with Crippen LogP contribution < -0.4 is 5.73 Å². The van der Waals surface area contributed by atoms with Crippen molar-refractivity contribution in [3.05, 3.63) is 23.6 Å². The Labute approximate surface area is 90.7 Å². The number of ether oxygens (including phenoxy) is 2. The van der Waals surface area contributed by atoms with E-state index in [0.717, 1.165) is 24.3 Å². The lowest BCUT2D eigenvalue weighted by molar-refractivity contribution is -0.140. The van der Waals surface area contributed by atoms with Gasteiger partial charge in [0, 0.05) is 18.5 Å². The van der Waals surface area contributed by atoms with Gasteiger partial charge < -0.3 is 15.2 Å². The van der Waals surface area contributed by atoms with Gasteiger partial charge in [0.2, 0.25) is 0 Å². The van der Waals surface area contributed by atoms with Crippen LogP contribution in [0.1, 0.15) is 26.2 Å². The number of methoxy groups -OCH3 is 2. The molecule has 0 spiro atoms. The second-order valence-corrected chi connectivity index (χ2v) is 3.01. The number of hydrogen-bond donors (Lipinski definition) is 1. The van der Waals surface area contributed by atoms with Gasteiger partial charge in [-0.3, -0.25) is 4.79 Å². The normalized spacial score (nSPS) is 14.1. The largest absolute Gasteiger partial charge is 0.501 e. The molecule has 1 aliphatic rings. The van der Waals surface area contributed by atoms with Crippen molar-refractivity contribution < 1.29 is 14.3 Å². The van der Waals surface area contributed by atoms with E-state index in [1.807, 2.05) is 12.2 Å². The Morgan fingerprint density at radius 3 is 2.33 bits per heavy atom. The van der Waals surface area contributed by atoms with E-state index in [1.54, 1.807) is 14.0 Å². The molecular weight excluding hydrogens is 194 g/mol. The first-order valence-electron chi connectivity index (χ1n) is 4.90. The molecule has 4 nitrogen and oxygen atoms in total. The SMILES string of the molecule is CCC(=O)OC.COC1=CC=C(N)CC1. The molecule has 0 aromatic heterocycles. The molecule has 0 heterocycles. The number of hydrogen-bond acceptors (Lipinski definition) is 4. The molecule has 15 heavy (non-hydrogen) atoms. The second kappa shape index (κ2) is 7.91. The van der Waals surface area contributed by atoms with Crippen LogP contribution in [0.5, 0.6) is 0 Å². The highest BCUT2D eigenvalue weighted by atomic mass is 16.5. The van der Waals surface area contributed by atoms with Crippen molar-refractivity contribution in [2.75, 3.05) is 14.2 Å². The van der Waals surface area contributed by atoms with Crippen molar-refractivity contribution in [2.45, 2.75) is 26.2 Å². The maximum atomic E-state index is 9.96. The van der Waals surface area contributed by atoms with E-state index < -0.39 is 0 Å². The van der Waals surface area contributed by atoms with Gasteiger partial charge in [0.25, 0.3) is 0 Å². The standard InChI is InChI=1S/C7H11NO.C4H8O2/c1-9-7-4-2-6(8)3-5-7;1-3-4(5)6-2/h2,4H,3,5,8H2,1H3;3H2,1-2H3. The summed E-state index contributed by atoms with van der Waals surface area (Å²) < 4.78 is 9.26. The zero-order valence-corrected chi connectivity index (χ0v) is 9.58. The summed E-state index contributed by atoms with van der Waals surface area (Å²) in [5.74, 6) is 0.860. The summed E-state index contributed by atoms with van der Waals surface area (Å²) in [6.07, 6.45) is 6.15. The average molecular weight is 213 g/mol. The Balaban J connectivity index is 0.000000288. The summed E-state index contributed by atoms with van der Waals surface area (Å²) in [6.45, 7) is 1.76. The van der Waals surface area contributed by atoms with Crippen molar-refractivity contribution in [1.82, 2.24) is 0 Å². The molecule has 0 aromatic rings. The monoisotopic (exact) mass is 213 g/mol. The quantitative estimate of drug-likeness (QED) is 0.709. The Kier molecular flexibility index (Phi) is 7.14. The van der Waals surface area contributed by atoms with Crippen LogP contribution in [0.15, 0.2) is 23.6 Å². The van der Waals surface area contributed by atoms with Gasteiger partial charge >= 0.3 is 5.97 Å². The summed E-state index contributed by atoms with van der Waals surface area (Å²) in [6, 6.07) is 0. The highest BCUT2D eigenvalue weighted by molar-refractivity contribution is 5.68. The van der Waals surface area contributed by atoms with Gasteiger partial charge in [-0.1, -0.05) is 6.92 Å². The van der Waals surface area contributed by atoms with Crippen LogP contribution in [-0.2, 0) is 14.3 Å². The van der Waals surface area contributed by atoms with Crippen LogP contribution in [0.2, 0.25) is 0 Å². The molecule has 0 aliphatic heterocycles. The first kappa shape index (κ1) is 13.5. The lowest BCUT2D eigenvalue weighted by Gasteiger charge is -2.09. The van der Waals surface area contributed by atoms with Crippen LogP contribution in [0.25, 0.3) is 0 Å². The maximum absolute atomic E-state index is 9.96. The minimum absolute atomic E-state index is 0.157. The van der Waals surface area contributed by atoms with E-state index in [0.29, 0.717) is 6.42 Å². The lowest BCUT2D eigenvalue weighted by atomic mass is 10.1. The predicted octanol–water partition coefficient (Wildman–Crippen LogP) is 1.72. The number of allylic oxidation sites excluding steroid dienone is 4. The number of carbonyl (C=O) groups is 1. The van der Waals surface area contributed by atoms with E-state index in [4.69, 9.17) is 10.5 Å². The first-order valence-corrected chi connectivity index (χ1v) is 4.90. The number of carbonyl (C=O) groups excluding carboxylic acids is 1. The smallest absolute Gasteiger partial charge is 0.305 e. The molecule has 0 bridgehead atoms. The molecule has 1 aliphatic carbocycles. The minimum Gasteiger partial charge on any atom is -0.501 e. The number of nitrogens with two attached hydrogens (primary N) is 1. The fourth-order valence-corrected chi connectivity index (χ4v) is 0.949. The highest BCUT2D eigenvalue weighted by Gasteiger charge is 2.01. The van der Waals surface area contributed by atoms with E-state index in [1.165, 1.54) is 7.11 Å². The third-order valence-corrected chi connectivity index (χ3v) is 1.92. The molecular formula is C11H19NO3. The van der Waals surface area contributed by atoms with Crippen molar-refractivity contribution >= 4 is 5.97 Å². The van der Waals surface area contributed by atoms with E-state index in [2.05, 4.69) is 4.74 Å². The molecule has 2 N–H and O–H groups in total. The van der Waals surface area contributed by atoms with E-state index >= 15 is 0 Å². The third-order valence-electron chi connectivity index (χ3n) is 1.92. The molecule has 4 heteroatoms. The van der Waals surface area contributed by atoms with Gasteiger partial charge in [0.1, 0.15) is 0 Å². The summed E-state index contributed by atoms with van der Waals surface area (Å²) in [5.41, 5.74) is 6.45. The molecule has 0 saturated heterocycles. The molecule has 0 atom stereocenters. The van der Waals surface area contributed by atoms with Gasteiger partial charge in [-0.2, -0.15) is 0 Å². The summed E-state index contributed by atoms with van der Waals surface area (Å²) in [4.78, 5) is 9.96. The van der Waals surface area contributed by atoms with Crippen LogP contribution in [0.3, 0.4) is 0 Å². The van der Waals surface area contributed by atoms with Crippen molar-refractivity contribution in [3.8, 4) is 0 Å². The highest BCUT2D eigenvalue weighted by Crippen LogP contribution is 2.14.